The molecule has 1 aromatic heterocycles. The van der Waals surface area contributed by atoms with E-state index >= 15 is 0 Å². The molecule has 6 aromatic carbocycles. The molecule has 0 aliphatic carbocycles. The summed E-state index contributed by atoms with van der Waals surface area (Å²) < 4.78 is 0. The van der Waals surface area contributed by atoms with E-state index in [1.165, 1.54) is 33.0 Å². The molecule has 2 nitrogen and oxygen atoms in total. The normalized spacial score (nSPS) is 11.4. The van der Waals surface area contributed by atoms with E-state index < -0.39 is 8.07 Å². The molecule has 0 aliphatic rings. The molecule has 46 heavy (non-hydrogen) atoms. The molecule has 0 amide bonds. The monoisotopic (exact) mass is 608 g/mol. The second-order valence-electron chi connectivity index (χ2n) is 12.7. The number of hydrogen-bond acceptors (Lipinski definition) is 2. The summed E-state index contributed by atoms with van der Waals surface area (Å²) in [6.45, 7) is 7.24. The highest BCUT2D eigenvalue weighted by Crippen LogP contribution is 2.35. The van der Waals surface area contributed by atoms with Crippen LogP contribution in [-0.4, -0.2) is 18.0 Å². The summed E-state index contributed by atoms with van der Waals surface area (Å²) in [6.07, 6.45) is 0. The first-order chi connectivity index (χ1) is 22.4. The lowest BCUT2D eigenvalue weighted by molar-refractivity contribution is 1.18. The quantitative estimate of drug-likeness (QED) is 0.168. The minimum atomic E-state index is -1.47. The zero-order chi connectivity index (χ0) is 31.5. The molecule has 0 aliphatic heterocycles. The highest BCUT2D eigenvalue weighted by atomic mass is 28.3. The Morgan fingerprint density at radius 3 is 1.17 bits per heavy atom. The van der Waals surface area contributed by atoms with Crippen LogP contribution < -0.4 is 5.19 Å². The van der Waals surface area contributed by atoms with Crippen molar-refractivity contribution in [3.05, 3.63) is 164 Å². The molecule has 0 saturated heterocycles. The Bertz CT molecular complexity index is 2040. The van der Waals surface area contributed by atoms with E-state index in [0.29, 0.717) is 5.82 Å². The average Bonchev–Trinajstić information content (AvgIpc) is 3.12. The van der Waals surface area contributed by atoms with Crippen LogP contribution in [0, 0.1) is 0 Å². The van der Waals surface area contributed by atoms with Crippen molar-refractivity contribution < 1.29 is 0 Å². The van der Waals surface area contributed by atoms with Crippen molar-refractivity contribution in [2.45, 2.75) is 19.6 Å². The van der Waals surface area contributed by atoms with Crippen molar-refractivity contribution in [1.82, 2.24) is 9.97 Å². The molecule has 7 rings (SSSR count). The van der Waals surface area contributed by atoms with Gasteiger partial charge in [-0.2, -0.15) is 0 Å². The Morgan fingerprint density at radius 1 is 0.348 bits per heavy atom. The van der Waals surface area contributed by atoms with Gasteiger partial charge in [0.25, 0.3) is 0 Å². The third-order valence-corrected chi connectivity index (χ3v) is 10.5. The first-order valence-electron chi connectivity index (χ1n) is 15.8. The summed E-state index contributed by atoms with van der Waals surface area (Å²) in [5.41, 5.74) is 12.4. The molecule has 0 fully saturated rings. The van der Waals surface area contributed by atoms with Gasteiger partial charge in [-0.25, -0.2) is 9.97 Å². The molecular weight excluding hydrogens is 573 g/mol. The van der Waals surface area contributed by atoms with Gasteiger partial charge in [0.2, 0.25) is 0 Å². The topological polar surface area (TPSA) is 25.8 Å². The Hall–Kier alpha value is -5.38. The van der Waals surface area contributed by atoms with Crippen molar-refractivity contribution in [1.29, 1.82) is 0 Å². The van der Waals surface area contributed by atoms with Gasteiger partial charge in [-0.15, -0.1) is 0 Å². The van der Waals surface area contributed by atoms with E-state index in [1.807, 2.05) is 36.4 Å². The number of aromatic nitrogens is 2. The zero-order valence-corrected chi connectivity index (χ0v) is 27.5. The van der Waals surface area contributed by atoms with Crippen LogP contribution in [0.2, 0.25) is 19.6 Å². The van der Waals surface area contributed by atoms with Gasteiger partial charge in [0, 0.05) is 16.7 Å². The lowest BCUT2D eigenvalue weighted by Gasteiger charge is -2.21. The molecule has 0 atom stereocenters. The lowest BCUT2D eigenvalue weighted by Crippen LogP contribution is -2.38. The van der Waals surface area contributed by atoms with E-state index in [1.54, 1.807) is 0 Å². The zero-order valence-electron chi connectivity index (χ0n) is 26.5. The van der Waals surface area contributed by atoms with E-state index in [9.17, 15) is 0 Å². The number of rotatable bonds is 7. The van der Waals surface area contributed by atoms with Gasteiger partial charge in [-0.3, -0.25) is 0 Å². The van der Waals surface area contributed by atoms with Crippen LogP contribution in [0.1, 0.15) is 0 Å². The van der Waals surface area contributed by atoms with Crippen LogP contribution in [0.25, 0.3) is 67.3 Å². The molecule has 7 aromatic rings. The Morgan fingerprint density at radius 2 is 0.717 bits per heavy atom. The van der Waals surface area contributed by atoms with Gasteiger partial charge in [-0.05, 0) is 39.4 Å². The molecule has 1 heterocycles. The summed E-state index contributed by atoms with van der Waals surface area (Å²) in [7, 11) is -1.47. The van der Waals surface area contributed by atoms with Crippen LogP contribution in [0.4, 0.5) is 0 Å². The predicted octanol–water partition coefficient (Wildman–Crippen LogP) is 11.0. The maximum absolute atomic E-state index is 5.01. The molecule has 222 valence electrons. The van der Waals surface area contributed by atoms with Crippen LogP contribution >= 0.6 is 0 Å². The van der Waals surface area contributed by atoms with Gasteiger partial charge in [0.15, 0.2) is 5.82 Å². The minimum Gasteiger partial charge on any atom is -0.228 e. The van der Waals surface area contributed by atoms with Gasteiger partial charge in [0.1, 0.15) is 0 Å². The first kappa shape index (κ1) is 29.3. The van der Waals surface area contributed by atoms with Crippen LogP contribution in [0.15, 0.2) is 164 Å². The van der Waals surface area contributed by atoms with Crippen molar-refractivity contribution in [2.24, 2.45) is 0 Å². The molecule has 0 bridgehead atoms. The molecule has 0 saturated carbocycles. The van der Waals surface area contributed by atoms with Crippen LogP contribution in [0.3, 0.4) is 0 Å². The summed E-state index contributed by atoms with van der Waals surface area (Å²) in [5, 5.41) is 1.50. The molecule has 0 spiro atoms. The number of benzene rings is 6. The van der Waals surface area contributed by atoms with Crippen molar-refractivity contribution >= 4 is 13.3 Å². The SMILES string of the molecule is C[Si](C)(C)c1ccccc1-c1ccc(-c2ccccc2-c2ccc(-c3nc(-c4ccccc4)cc(-c4ccccc4)n3)cc2)cc1. The second-order valence-corrected chi connectivity index (χ2v) is 17.7. The van der Waals surface area contributed by atoms with Crippen LogP contribution in [0.5, 0.6) is 0 Å². The van der Waals surface area contributed by atoms with Gasteiger partial charge in [0.05, 0.1) is 19.5 Å². The van der Waals surface area contributed by atoms with E-state index in [2.05, 4.69) is 147 Å². The maximum atomic E-state index is 5.01. The highest BCUT2D eigenvalue weighted by Gasteiger charge is 2.20. The Balaban J connectivity index is 1.23. The van der Waals surface area contributed by atoms with E-state index in [0.717, 1.165) is 33.6 Å². The molecule has 0 unspecified atom stereocenters. The minimum absolute atomic E-state index is 0.717. The Kier molecular flexibility index (Phi) is 8.00. The summed E-state index contributed by atoms with van der Waals surface area (Å²) >= 11 is 0. The van der Waals surface area contributed by atoms with Gasteiger partial charge >= 0.3 is 0 Å². The highest BCUT2D eigenvalue weighted by molar-refractivity contribution is 6.89. The third-order valence-electron chi connectivity index (χ3n) is 8.49. The summed E-state index contributed by atoms with van der Waals surface area (Å²) in [4.78, 5) is 10.0. The van der Waals surface area contributed by atoms with E-state index in [4.69, 9.17) is 9.97 Å². The summed E-state index contributed by atoms with van der Waals surface area (Å²) in [6, 6.07) is 58.0. The van der Waals surface area contributed by atoms with Gasteiger partial charge in [-0.1, -0.05) is 183 Å². The second kappa shape index (κ2) is 12.5. The fourth-order valence-corrected chi connectivity index (χ4v) is 7.73. The van der Waals surface area contributed by atoms with Crippen molar-refractivity contribution in [3.63, 3.8) is 0 Å². The maximum Gasteiger partial charge on any atom is 0.160 e. The molecule has 3 heteroatoms. The molecule has 0 N–H and O–H groups in total. The standard InChI is InChI=1S/C43H36N2Si/c1-46(2,3)42-21-13-12-20-39(42)33-24-22-31(23-25-33)37-18-10-11-19-38(37)32-26-28-36(29-27-32)43-44-40(34-14-6-4-7-15-34)30-41(45-43)35-16-8-5-9-17-35/h4-30H,1-3H3. The van der Waals surface area contributed by atoms with Gasteiger partial charge < -0.3 is 0 Å². The van der Waals surface area contributed by atoms with Crippen molar-refractivity contribution in [3.8, 4) is 67.3 Å². The fraction of sp³-hybridized carbons (Fsp3) is 0.0698. The van der Waals surface area contributed by atoms with Crippen LogP contribution in [-0.2, 0) is 0 Å². The lowest BCUT2D eigenvalue weighted by atomic mass is 9.93. The van der Waals surface area contributed by atoms with Crippen molar-refractivity contribution in [2.75, 3.05) is 0 Å². The smallest absolute Gasteiger partial charge is 0.160 e. The average molecular weight is 609 g/mol. The molecule has 0 radical (unpaired) electrons. The van der Waals surface area contributed by atoms with E-state index in [-0.39, 0.29) is 0 Å². The fourth-order valence-electron chi connectivity index (χ4n) is 6.09. The number of hydrogen-bond donors (Lipinski definition) is 0. The largest absolute Gasteiger partial charge is 0.228 e. The predicted molar refractivity (Wildman–Crippen MR) is 198 cm³/mol. The first-order valence-corrected chi connectivity index (χ1v) is 19.3. The third kappa shape index (κ3) is 6.10. The Labute approximate surface area is 273 Å². The summed E-state index contributed by atoms with van der Waals surface area (Å²) in [5.74, 6) is 0.717. The molecular formula is C43H36N2Si. The number of nitrogens with zero attached hydrogens (tertiary/aromatic N) is 2.